The Bertz CT molecular complexity index is 1400. The quantitative estimate of drug-likeness (QED) is 0.212. The molecule has 1 aliphatic rings. The van der Waals surface area contributed by atoms with E-state index in [1.54, 1.807) is 11.3 Å². The monoisotopic (exact) mass is 679 g/mol. The van der Waals surface area contributed by atoms with Gasteiger partial charge in [-0.25, -0.2) is 18.1 Å². The molecule has 2 heterocycles. The zero-order valence-electron chi connectivity index (χ0n) is 22.2. The van der Waals surface area contributed by atoms with E-state index in [0.29, 0.717) is 24.3 Å². The third-order valence-electron chi connectivity index (χ3n) is 6.54. The number of ether oxygens (including phenoxy) is 1. The van der Waals surface area contributed by atoms with Gasteiger partial charge in [-0.05, 0) is 78.6 Å². The van der Waals surface area contributed by atoms with Gasteiger partial charge in [-0.2, -0.15) is 5.26 Å². The topological polar surface area (TPSA) is 107 Å². The van der Waals surface area contributed by atoms with Gasteiger partial charge in [-0.3, -0.25) is 4.90 Å². The van der Waals surface area contributed by atoms with Crippen LogP contribution in [0, 0.1) is 11.3 Å². The van der Waals surface area contributed by atoms with Crippen molar-refractivity contribution in [2.45, 2.75) is 36.8 Å². The number of sulfonamides is 1. The lowest BCUT2D eigenvalue weighted by Crippen LogP contribution is -2.46. The van der Waals surface area contributed by atoms with Crippen molar-refractivity contribution in [3.05, 3.63) is 59.8 Å². The number of piperazine rings is 1. The molecule has 11 heteroatoms. The molecule has 3 aromatic rings. The summed E-state index contributed by atoms with van der Waals surface area (Å²) in [6.45, 7) is 7.99. The van der Waals surface area contributed by atoms with Crippen LogP contribution < -0.4 is 14.8 Å². The molecule has 39 heavy (non-hydrogen) atoms. The summed E-state index contributed by atoms with van der Waals surface area (Å²) in [5, 5.41) is 13.7. The minimum absolute atomic E-state index is 0.0427. The van der Waals surface area contributed by atoms with Gasteiger partial charge in [-0.1, -0.05) is 24.3 Å². The molecule has 2 aromatic carbocycles. The second-order valence-corrected chi connectivity index (χ2v) is 14.3. The van der Waals surface area contributed by atoms with Gasteiger partial charge in [0.25, 0.3) is 0 Å². The van der Waals surface area contributed by atoms with E-state index < -0.39 is 10.0 Å². The summed E-state index contributed by atoms with van der Waals surface area (Å²) in [5.41, 5.74) is 3.60. The number of nitrogens with zero attached hydrogens (tertiary/aromatic N) is 3. The van der Waals surface area contributed by atoms with E-state index in [4.69, 9.17) is 4.74 Å². The summed E-state index contributed by atoms with van der Waals surface area (Å²) >= 11 is 3.73. The van der Waals surface area contributed by atoms with Crippen molar-refractivity contribution in [2.24, 2.45) is 0 Å². The lowest BCUT2D eigenvalue weighted by molar-refractivity contribution is 0.253. The number of rotatable bonds is 12. The number of nitriles is 1. The first-order chi connectivity index (χ1) is 18.7. The normalized spacial score (nSPS) is 15.9. The number of aryl methyl sites for hydroxylation is 1. The summed E-state index contributed by atoms with van der Waals surface area (Å²) in [6, 6.07) is 15.8. The van der Waals surface area contributed by atoms with Gasteiger partial charge in [0, 0.05) is 50.5 Å². The van der Waals surface area contributed by atoms with Crippen LogP contribution in [-0.4, -0.2) is 66.9 Å². The lowest BCUT2D eigenvalue weighted by atomic mass is 10.0. The minimum Gasteiger partial charge on any atom is -0.479 e. The van der Waals surface area contributed by atoms with Crippen LogP contribution >= 0.6 is 33.9 Å². The zero-order chi connectivity index (χ0) is 27.8. The molecule has 1 unspecified atom stereocenters. The van der Waals surface area contributed by atoms with Crippen molar-refractivity contribution in [3.63, 3.8) is 0 Å². The van der Waals surface area contributed by atoms with Crippen LogP contribution in [0.25, 0.3) is 21.0 Å². The molecule has 208 valence electrons. The van der Waals surface area contributed by atoms with Crippen LogP contribution in [0.4, 0.5) is 0 Å². The summed E-state index contributed by atoms with van der Waals surface area (Å²) in [7, 11) is -3.34. The van der Waals surface area contributed by atoms with Crippen LogP contribution in [0.1, 0.15) is 31.4 Å². The molecule has 0 aliphatic carbocycles. The Morgan fingerprint density at radius 3 is 2.74 bits per heavy atom. The Hall–Kier alpha value is -2.08. The molecule has 8 nitrogen and oxygen atoms in total. The van der Waals surface area contributed by atoms with E-state index in [-0.39, 0.29) is 15.9 Å². The first-order valence-electron chi connectivity index (χ1n) is 13.1. The smallest absolute Gasteiger partial charge is 0.213 e. The minimum atomic E-state index is -3.34. The Kier molecular flexibility index (Phi) is 10.7. The fourth-order valence-electron chi connectivity index (χ4n) is 4.52. The van der Waals surface area contributed by atoms with Crippen LogP contribution in [0.3, 0.4) is 0 Å². The third-order valence-corrected chi connectivity index (χ3v) is 9.35. The molecule has 4 rings (SSSR count). The van der Waals surface area contributed by atoms with Crippen molar-refractivity contribution in [2.75, 3.05) is 38.5 Å². The zero-order valence-corrected chi connectivity index (χ0v) is 26.0. The van der Waals surface area contributed by atoms with Crippen molar-refractivity contribution in [3.8, 4) is 32.8 Å². The van der Waals surface area contributed by atoms with Crippen LogP contribution in [0.15, 0.2) is 48.7 Å². The van der Waals surface area contributed by atoms with E-state index in [0.717, 1.165) is 59.2 Å². The SMILES string of the molecule is CC(I)Oc1ccc(-c2ncc(-c3ccccc3CC[C@@H](C)NS(=O)(=O)CCN3CCNCC3)s2)cc1C#N. The van der Waals surface area contributed by atoms with E-state index >= 15 is 0 Å². The maximum atomic E-state index is 12.7. The van der Waals surface area contributed by atoms with Crippen molar-refractivity contribution in [1.82, 2.24) is 19.9 Å². The second kappa shape index (κ2) is 14.0. The Morgan fingerprint density at radius 2 is 2.00 bits per heavy atom. The molecule has 2 atom stereocenters. The number of alkyl halides is 1. The van der Waals surface area contributed by atoms with Crippen molar-refractivity contribution in [1.29, 1.82) is 5.26 Å². The highest BCUT2D eigenvalue weighted by atomic mass is 127. The standard InChI is InChI=1S/C28H34IN5O3S2/c1-20(33-39(35,36)16-15-34-13-11-31-12-14-34)7-8-22-5-3-4-6-25(22)27-19-32-28(38-27)23-9-10-26(37-21(2)29)24(17-23)18-30/h3-6,9-10,17,19-21,31,33H,7-8,11-16H2,1-2H3/t20-,21?/m1/s1. The van der Waals surface area contributed by atoms with Crippen LogP contribution in [0.2, 0.25) is 0 Å². The van der Waals surface area contributed by atoms with E-state index in [9.17, 15) is 13.7 Å². The van der Waals surface area contributed by atoms with Gasteiger partial charge in [0.05, 0.1) is 16.2 Å². The number of thiazole rings is 1. The molecule has 1 fully saturated rings. The van der Waals surface area contributed by atoms with Crippen LogP contribution in [-0.2, 0) is 16.4 Å². The Labute approximate surface area is 249 Å². The molecule has 1 aliphatic heterocycles. The number of hydrogen-bond acceptors (Lipinski definition) is 8. The van der Waals surface area contributed by atoms with E-state index in [2.05, 4.69) is 60.7 Å². The maximum Gasteiger partial charge on any atom is 0.213 e. The molecule has 2 N–H and O–H groups in total. The predicted molar refractivity (Wildman–Crippen MR) is 166 cm³/mol. The summed E-state index contributed by atoms with van der Waals surface area (Å²) in [4.78, 5) is 7.86. The molecule has 0 saturated carbocycles. The highest BCUT2D eigenvalue weighted by Crippen LogP contribution is 2.36. The highest BCUT2D eigenvalue weighted by Gasteiger charge is 2.19. The highest BCUT2D eigenvalue weighted by molar-refractivity contribution is 14.1. The number of hydrogen-bond donors (Lipinski definition) is 2. The summed E-state index contributed by atoms with van der Waals surface area (Å²) < 4.78 is 33.9. The third kappa shape index (κ3) is 8.70. The first-order valence-corrected chi connectivity index (χ1v) is 16.8. The van der Waals surface area contributed by atoms with Gasteiger partial charge < -0.3 is 10.1 Å². The average Bonchev–Trinajstić information content (AvgIpc) is 3.41. The fraction of sp³-hybridized carbons (Fsp3) is 0.429. The fourth-order valence-corrected chi connectivity index (χ4v) is 7.11. The van der Waals surface area contributed by atoms with Gasteiger partial charge in [-0.15, -0.1) is 11.3 Å². The molecule has 0 radical (unpaired) electrons. The Balaban J connectivity index is 1.40. The van der Waals surface area contributed by atoms with Gasteiger partial charge >= 0.3 is 0 Å². The molecule has 0 bridgehead atoms. The lowest BCUT2D eigenvalue weighted by Gasteiger charge is -2.27. The summed E-state index contributed by atoms with van der Waals surface area (Å²) in [6.07, 6.45) is 3.30. The van der Waals surface area contributed by atoms with Gasteiger partial charge in [0.1, 0.15) is 20.9 Å². The molecule has 1 aromatic heterocycles. The second-order valence-electron chi connectivity index (χ2n) is 9.64. The first kappa shape index (κ1) is 29.9. The number of nitrogens with one attached hydrogen (secondary N) is 2. The molecular weight excluding hydrogens is 645 g/mol. The van der Waals surface area contributed by atoms with Crippen molar-refractivity contribution < 1.29 is 13.2 Å². The average molecular weight is 680 g/mol. The maximum absolute atomic E-state index is 12.7. The van der Waals surface area contributed by atoms with Gasteiger partial charge in [0.2, 0.25) is 10.0 Å². The number of benzene rings is 2. The van der Waals surface area contributed by atoms with Crippen LogP contribution in [0.5, 0.6) is 5.75 Å². The number of halogens is 1. The van der Waals surface area contributed by atoms with Crippen molar-refractivity contribution >= 4 is 44.0 Å². The summed E-state index contributed by atoms with van der Waals surface area (Å²) in [5.74, 6) is 0.689. The predicted octanol–water partition coefficient (Wildman–Crippen LogP) is 4.65. The Morgan fingerprint density at radius 1 is 1.23 bits per heavy atom. The molecular formula is C28H34IN5O3S2. The van der Waals surface area contributed by atoms with E-state index in [1.807, 2.05) is 50.4 Å². The molecule has 0 spiro atoms. The molecule has 1 saturated heterocycles. The van der Waals surface area contributed by atoms with E-state index in [1.165, 1.54) is 0 Å². The molecule has 0 amide bonds. The number of aromatic nitrogens is 1. The van der Waals surface area contributed by atoms with Gasteiger partial charge in [0.15, 0.2) is 0 Å². The largest absolute Gasteiger partial charge is 0.479 e.